The summed E-state index contributed by atoms with van der Waals surface area (Å²) in [6.45, 7) is 12.9. The average Bonchev–Trinajstić information content (AvgIpc) is 2.72. The maximum absolute atomic E-state index is 11.3. The fourth-order valence-corrected chi connectivity index (χ4v) is 3.23. The van der Waals surface area contributed by atoms with Crippen LogP contribution < -0.4 is 0 Å². The molecular formula is C17H23O4Si. The Morgan fingerprint density at radius 2 is 1.95 bits per heavy atom. The Kier molecular flexibility index (Phi) is 4.49. The van der Waals surface area contributed by atoms with Crippen molar-refractivity contribution in [3.63, 3.8) is 0 Å². The number of benzene rings is 1. The topological polar surface area (TPSA) is 59.7 Å². The standard InChI is InChI=1S/C17H23O4Si/c1-10-13-12(21-15(10)16(18)19)8-7-11(9-20-22(5)6)14(13)17(2,3)4/h7-8H,9H2,1-6H3,(H,18,19). The smallest absolute Gasteiger partial charge is 0.372 e. The number of carboxylic acid groups (broad SMARTS) is 1. The molecule has 1 aromatic carbocycles. The van der Waals surface area contributed by atoms with Crippen molar-refractivity contribution in [3.8, 4) is 0 Å². The molecule has 0 fully saturated rings. The first-order valence-corrected chi connectivity index (χ1v) is 9.75. The predicted molar refractivity (Wildman–Crippen MR) is 88.9 cm³/mol. The maximum Gasteiger partial charge on any atom is 0.372 e. The number of rotatable bonds is 4. The van der Waals surface area contributed by atoms with Crippen LogP contribution in [-0.2, 0) is 16.4 Å². The lowest BCUT2D eigenvalue weighted by Crippen LogP contribution is -2.17. The highest BCUT2D eigenvalue weighted by molar-refractivity contribution is 6.48. The number of carbonyl (C=O) groups is 1. The first-order valence-electron chi connectivity index (χ1n) is 7.34. The largest absolute Gasteiger partial charge is 0.475 e. The number of aromatic carboxylic acids is 1. The fourth-order valence-electron chi connectivity index (χ4n) is 2.79. The first kappa shape index (κ1) is 16.8. The molecule has 2 rings (SSSR count). The lowest BCUT2D eigenvalue weighted by molar-refractivity contribution is 0.0664. The molecule has 5 heteroatoms. The molecule has 0 bridgehead atoms. The zero-order valence-corrected chi connectivity index (χ0v) is 15.0. The predicted octanol–water partition coefficient (Wildman–Crippen LogP) is 4.50. The van der Waals surface area contributed by atoms with Gasteiger partial charge in [-0.2, -0.15) is 0 Å². The third kappa shape index (κ3) is 3.10. The van der Waals surface area contributed by atoms with Gasteiger partial charge < -0.3 is 13.9 Å². The van der Waals surface area contributed by atoms with Crippen molar-refractivity contribution in [2.24, 2.45) is 0 Å². The van der Waals surface area contributed by atoms with Gasteiger partial charge in [0.2, 0.25) is 14.8 Å². The van der Waals surface area contributed by atoms with Gasteiger partial charge in [0.25, 0.3) is 0 Å². The second kappa shape index (κ2) is 5.89. The van der Waals surface area contributed by atoms with E-state index in [0.29, 0.717) is 17.8 Å². The molecule has 1 heterocycles. The van der Waals surface area contributed by atoms with Gasteiger partial charge >= 0.3 is 5.97 Å². The third-order valence-corrected chi connectivity index (χ3v) is 4.36. The van der Waals surface area contributed by atoms with Gasteiger partial charge in [-0.25, -0.2) is 4.79 Å². The van der Waals surface area contributed by atoms with Gasteiger partial charge in [0.05, 0.1) is 6.61 Å². The molecule has 1 N–H and O–H groups in total. The number of furan rings is 1. The molecule has 2 aromatic rings. The van der Waals surface area contributed by atoms with Crippen LogP contribution in [0, 0.1) is 6.92 Å². The summed E-state index contributed by atoms with van der Waals surface area (Å²) in [5.74, 6) is -1.01. The third-order valence-electron chi connectivity index (χ3n) is 3.64. The van der Waals surface area contributed by atoms with Crippen LogP contribution in [0.4, 0.5) is 0 Å². The van der Waals surface area contributed by atoms with Crippen molar-refractivity contribution in [1.82, 2.24) is 0 Å². The van der Waals surface area contributed by atoms with Gasteiger partial charge in [0, 0.05) is 10.9 Å². The number of aryl methyl sites for hydroxylation is 1. The molecule has 0 amide bonds. The van der Waals surface area contributed by atoms with E-state index in [1.54, 1.807) is 0 Å². The molecule has 0 saturated heterocycles. The quantitative estimate of drug-likeness (QED) is 0.843. The van der Waals surface area contributed by atoms with E-state index in [0.717, 1.165) is 16.5 Å². The Hall–Kier alpha value is -1.59. The molecule has 0 atom stereocenters. The molecule has 0 spiro atoms. The highest BCUT2D eigenvalue weighted by Crippen LogP contribution is 2.38. The van der Waals surface area contributed by atoms with E-state index < -0.39 is 15.0 Å². The van der Waals surface area contributed by atoms with Gasteiger partial charge in [-0.05, 0) is 42.6 Å². The first-order chi connectivity index (χ1) is 10.1. The summed E-state index contributed by atoms with van der Waals surface area (Å²) in [6.07, 6.45) is 0. The van der Waals surface area contributed by atoms with E-state index in [2.05, 4.69) is 33.9 Å². The van der Waals surface area contributed by atoms with E-state index in [1.165, 1.54) is 0 Å². The van der Waals surface area contributed by atoms with Gasteiger partial charge in [0.15, 0.2) is 0 Å². The van der Waals surface area contributed by atoms with E-state index in [9.17, 15) is 9.90 Å². The van der Waals surface area contributed by atoms with Crippen LogP contribution in [0.2, 0.25) is 13.1 Å². The zero-order chi connectivity index (χ0) is 16.7. The summed E-state index contributed by atoms with van der Waals surface area (Å²) in [4.78, 5) is 11.3. The summed E-state index contributed by atoms with van der Waals surface area (Å²) >= 11 is 0. The Labute approximate surface area is 132 Å². The molecule has 0 saturated carbocycles. The molecular weight excluding hydrogens is 296 g/mol. The molecule has 22 heavy (non-hydrogen) atoms. The maximum atomic E-state index is 11.3. The summed E-state index contributed by atoms with van der Waals surface area (Å²) in [5, 5.41) is 10.2. The summed E-state index contributed by atoms with van der Waals surface area (Å²) in [7, 11) is -0.782. The van der Waals surface area contributed by atoms with Gasteiger partial charge in [0.1, 0.15) is 5.58 Å². The lowest BCUT2D eigenvalue weighted by Gasteiger charge is -2.24. The van der Waals surface area contributed by atoms with Gasteiger partial charge in [-0.3, -0.25) is 0 Å². The molecule has 0 aliphatic carbocycles. The molecule has 0 unspecified atom stereocenters. The Morgan fingerprint density at radius 1 is 1.32 bits per heavy atom. The summed E-state index contributed by atoms with van der Waals surface area (Å²) in [6, 6.07) is 3.84. The van der Waals surface area contributed by atoms with Crippen LogP contribution >= 0.6 is 0 Å². The Bertz CT molecular complexity index is 707. The minimum atomic E-state index is -1.03. The second-order valence-corrected chi connectivity index (χ2v) is 8.89. The van der Waals surface area contributed by atoms with E-state index >= 15 is 0 Å². The van der Waals surface area contributed by atoms with Gasteiger partial charge in [-0.15, -0.1) is 0 Å². The Balaban J connectivity index is 2.72. The molecule has 0 aliphatic heterocycles. The number of hydrogen-bond donors (Lipinski definition) is 1. The fraction of sp³-hybridized carbons (Fsp3) is 0.471. The monoisotopic (exact) mass is 319 g/mol. The van der Waals surface area contributed by atoms with Crippen molar-refractivity contribution in [2.75, 3.05) is 0 Å². The lowest BCUT2D eigenvalue weighted by atomic mass is 9.81. The summed E-state index contributed by atoms with van der Waals surface area (Å²) < 4.78 is 11.4. The number of fused-ring (bicyclic) bond motifs is 1. The van der Waals surface area contributed by atoms with E-state index in [4.69, 9.17) is 8.84 Å². The van der Waals surface area contributed by atoms with Crippen LogP contribution in [0.25, 0.3) is 11.0 Å². The SMILES string of the molecule is Cc1c(C(=O)O)oc2ccc(CO[Si](C)C)c(C(C)(C)C)c12. The molecule has 1 radical (unpaired) electrons. The van der Waals surface area contributed by atoms with Crippen LogP contribution in [0.5, 0.6) is 0 Å². The average molecular weight is 319 g/mol. The van der Waals surface area contributed by atoms with Crippen molar-refractivity contribution < 1.29 is 18.7 Å². The molecule has 4 nitrogen and oxygen atoms in total. The minimum Gasteiger partial charge on any atom is -0.475 e. The molecule has 119 valence electrons. The highest BCUT2D eigenvalue weighted by Gasteiger charge is 2.27. The van der Waals surface area contributed by atoms with Crippen LogP contribution in [0.3, 0.4) is 0 Å². The minimum absolute atomic E-state index is 0.0225. The zero-order valence-electron chi connectivity index (χ0n) is 14.0. The second-order valence-electron chi connectivity index (χ2n) is 6.78. The van der Waals surface area contributed by atoms with Crippen LogP contribution in [0.15, 0.2) is 16.5 Å². The molecule has 1 aromatic heterocycles. The van der Waals surface area contributed by atoms with Crippen molar-refractivity contribution >= 4 is 26.0 Å². The van der Waals surface area contributed by atoms with Crippen molar-refractivity contribution in [3.05, 3.63) is 34.6 Å². The highest BCUT2D eigenvalue weighted by atomic mass is 28.3. The van der Waals surface area contributed by atoms with Crippen LogP contribution in [0.1, 0.15) is 48.0 Å². The number of carboxylic acids is 1. The number of hydrogen-bond acceptors (Lipinski definition) is 3. The van der Waals surface area contributed by atoms with Crippen LogP contribution in [-0.4, -0.2) is 20.1 Å². The van der Waals surface area contributed by atoms with E-state index in [1.807, 2.05) is 19.1 Å². The molecule has 0 aliphatic rings. The summed E-state index contributed by atoms with van der Waals surface area (Å²) in [5.41, 5.74) is 3.40. The Morgan fingerprint density at radius 3 is 2.45 bits per heavy atom. The van der Waals surface area contributed by atoms with Gasteiger partial charge in [-0.1, -0.05) is 26.8 Å². The van der Waals surface area contributed by atoms with E-state index in [-0.39, 0.29) is 11.2 Å². The van der Waals surface area contributed by atoms with Crippen molar-refractivity contribution in [2.45, 2.75) is 52.8 Å². The van der Waals surface area contributed by atoms with Crippen molar-refractivity contribution in [1.29, 1.82) is 0 Å². The normalized spacial score (nSPS) is 12.3.